The molecular weight excluding hydrogens is 364 g/mol. The minimum Gasteiger partial charge on any atom is -0.352 e. The van der Waals surface area contributed by atoms with Gasteiger partial charge in [0.25, 0.3) is 5.91 Å². The van der Waals surface area contributed by atoms with E-state index in [4.69, 9.17) is 12.2 Å². The van der Waals surface area contributed by atoms with Crippen LogP contribution >= 0.6 is 24.0 Å². The summed E-state index contributed by atoms with van der Waals surface area (Å²) in [7, 11) is 0. The third-order valence-corrected chi connectivity index (χ3v) is 5.24. The molecule has 1 fully saturated rings. The van der Waals surface area contributed by atoms with Gasteiger partial charge in [-0.2, -0.15) is 0 Å². The first-order valence-electron chi connectivity index (χ1n) is 8.24. The van der Waals surface area contributed by atoms with Crippen molar-refractivity contribution in [2.75, 3.05) is 6.54 Å². The molecule has 1 aliphatic rings. The average Bonchev–Trinajstić information content (AvgIpc) is 2.93. The van der Waals surface area contributed by atoms with Gasteiger partial charge in [0.2, 0.25) is 5.91 Å². The summed E-state index contributed by atoms with van der Waals surface area (Å²) in [5.41, 5.74) is 1.99. The van der Waals surface area contributed by atoms with Crippen molar-refractivity contribution in [3.05, 3.63) is 76.7 Å². The monoisotopic (exact) mass is 382 g/mol. The quantitative estimate of drug-likeness (QED) is 0.613. The van der Waals surface area contributed by atoms with Crippen LogP contribution in [-0.4, -0.2) is 27.6 Å². The lowest BCUT2D eigenvalue weighted by atomic mass is 10.2. The molecule has 1 saturated heterocycles. The van der Waals surface area contributed by atoms with Gasteiger partial charge in [-0.1, -0.05) is 84.6 Å². The van der Waals surface area contributed by atoms with E-state index in [0.29, 0.717) is 15.8 Å². The van der Waals surface area contributed by atoms with Gasteiger partial charge in [-0.15, -0.1) is 0 Å². The van der Waals surface area contributed by atoms with E-state index in [1.54, 1.807) is 0 Å². The van der Waals surface area contributed by atoms with E-state index >= 15 is 0 Å². The normalized spacial score (nSPS) is 15.5. The van der Waals surface area contributed by atoms with E-state index < -0.39 is 0 Å². The predicted octanol–water partition coefficient (Wildman–Crippen LogP) is 3.59. The molecule has 0 unspecified atom stereocenters. The van der Waals surface area contributed by atoms with E-state index in [0.717, 1.165) is 11.1 Å². The molecule has 2 amide bonds. The zero-order valence-electron chi connectivity index (χ0n) is 14.1. The van der Waals surface area contributed by atoms with Crippen molar-refractivity contribution in [1.82, 2.24) is 10.2 Å². The Morgan fingerprint density at radius 3 is 2.42 bits per heavy atom. The maximum Gasteiger partial charge on any atom is 0.266 e. The number of thiocarbonyl (C=S) groups is 1. The molecule has 2 aromatic carbocycles. The van der Waals surface area contributed by atoms with Crippen molar-refractivity contribution in [3.8, 4) is 0 Å². The highest BCUT2D eigenvalue weighted by Gasteiger charge is 2.31. The Balaban J connectivity index is 1.53. The van der Waals surface area contributed by atoms with Crippen LogP contribution in [0.15, 0.2) is 65.6 Å². The molecule has 0 radical (unpaired) electrons. The molecule has 3 rings (SSSR count). The molecule has 132 valence electrons. The molecule has 0 spiro atoms. The fourth-order valence-electron chi connectivity index (χ4n) is 2.49. The Kier molecular flexibility index (Phi) is 6.20. The second-order valence-electron chi connectivity index (χ2n) is 5.76. The van der Waals surface area contributed by atoms with Gasteiger partial charge in [-0.05, 0) is 17.2 Å². The van der Waals surface area contributed by atoms with Crippen molar-refractivity contribution < 1.29 is 9.59 Å². The second kappa shape index (κ2) is 8.78. The zero-order valence-corrected chi connectivity index (χ0v) is 15.7. The fraction of sp³-hybridized carbons (Fsp3) is 0.150. The number of benzene rings is 2. The van der Waals surface area contributed by atoms with Gasteiger partial charge in [0.05, 0.1) is 4.91 Å². The van der Waals surface area contributed by atoms with Crippen LogP contribution in [0.2, 0.25) is 0 Å². The lowest BCUT2D eigenvalue weighted by molar-refractivity contribution is -0.123. The van der Waals surface area contributed by atoms with Crippen molar-refractivity contribution in [2.24, 2.45) is 0 Å². The highest BCUT2D eigenvalue weighted by Crippen LogP contribution is 2.32. The molecule has 0 aliphatic carbocycles. The number of amides is 2. The molecule has 0 saturated carbocycles. The second-order valence-corrected chi connectivity index (χ2v) is 7.43. The molecule has 0 bridgehead atoms. The average molecular weight is 383 g/mol. The van der Waals surface area contributed by atoms with Crippen molar-refractivity contribution in [1.29, 1.82) is 0 Å². The number of carbonyl (C=O) groups excluding carboxylic acids is 2. The molecule has 1 aliphatic heterocycles. The molecule has 2 aromatic rings. The van der Waals surface area contributed by atoms with Crippen LogP contribution < -0.4 is 5.32 Å². The predicted molar refractivity (Wildman–Crippen MR) is 109 cm³/mol. The van der Waals surface area contributed by atoms with Crippen LogP contribution in [0.3, 0.4) is 0 Å². The number of carbonyl (C=O) groups is 2. The lowest BCUT2D eigenvalue weighted by Crippen LogP contribution is -2.33. The molecule has 1 heterocycles. The van der Waals surface area contributed by atoms with Crippen LogP contribution in [0.5, 0.6) is 0 Å². The summed E-state index contributed by atoms with van der Waals surface area (Å²) in [6.07, 6.45) is 2.05. The first-order valence-corrected chi connectivity index (χ1v) is 9.47. The Hall–Kier alpha value is -2.44. The summed E-state index contributed by atoms with van der Waals surface area (Å²) in [4.78, 5) is 26.7. The van der Waals surface area contributed by atoms with E-state index in [9.17, 15) is 9.59 Å². The Morgan fingerprint density at radius 1 is 1.08 bits per heavy atom. The minimum absolute atomic E-state index is 0.102. The summed E-state index contributed by atoms with van der Waals surface area (Å²) < 4.78 is 0.494. The lowest BCUT2D eigenvalue weighted by Gasteiger charge is -2.14. The van der Waals surface area contributed by atoms with Crippen molar-refractivity contribution >= 4 is 46.2 Å². The number of rotatable bonds is 6. The maximum absolute atomic E-state index is 12.5. The number of hydrogen-bond donors (Lipinski definition) is 1. The zero-order chi connectivity index (χ0) is 18.4. The Labute approximate surface area is 162 Å². The maximum atomic E-state index is 12.5. The van der Waals surface area contributed by atoms with Crippen molar-refractivity contribution in [2.45, 2.75) is 13.0 Å². The number of nitrogens with one attached hydrogen (secondary N) is 1. The molecule has 6 heteroatoms. The first-order chi connectivity index (χ1) is 12.6. The van der Waals surface area contributed by atoms with Crippen LogP contribution in [0.4, 0.5) is 0 Å². The largest absolute Gasteiger partial charge is 0.352 e. The third-order valence-electron chi connectivity index (χ3n) is 3.87. The number of hydrogen-bond acceptors (Lipinski definition) is 4. The van der Waals surface area contributed by atoms with E-state index in [1.165, 1.54) is 16.7 Å². The van der Waals surface area contributed by atoms with Gasteiger partial charge >= 0.3 is 0 Å². The molecule has 0 atom stereocenters. The highest BCUT2D eigenvalue weighted by atomic mass is 32.2. The minimum atomic E-state index is -0.139. The summed E-state index contributed by atoms with van der Waals surface area (Å²) >= 11 is 6.58. The molecule has 0 aromatic heterocycles. The third kappa shape index (κ3) is 4.80. The molecule has 4 nitrogen and oxygen atoms in total. The van der Waals surface area contributed by atoms with Gasteiger partial charge in [0, 0.05) is 19.5 Å². The Morgan fingerprint density at radius 2 is 1.73 bits per heavy atom. The number of nitrogens with zero attached hydrogens (tertiary/aromatic N) is 1. The van der Waals surface area contributed by atoms with Gasteiger partial charge < -0.3 is 5.32 Å². The van der Waals surface area contributed by atoms with Crippen LogP contribution in [-0.2, 0) is 16.1 Å². The smallest absolute Gasteiger partial charge is 0.266 e. The van der Waals surface area contributed by atoms with E-state index in [2.05, 4.69) is 5.32 Å². The van der Waals surface area contributed by atoms with Gasteiger partial charge in [0.15, 0.2) is 0 Å². The van der Waals surface area contributed by atoms with Gasteiger partial charge in [-0.25, -0.2) is 0 Å². The molecule has 26 heavy (non-hydrogen) atoms. The van der Waals surface area contributed by atoms with Crippen LogP contribution in [0, 0.1) is 0 Å². The number of thioether (sulfide) groups is 1. The molecule has 1 N–H and O–H groups in total. The Bertz CT molecular complexity index is 835. The van der Waals surface area contributed by atoms with E-state index in [1.807, 2.05) is 66.7 Å². The van der Waals surface area contributed by atoms with Crippen LogP contribution in [0.25, 0.3) is 6.08 Å². The highest BCUT2D eigenvalue weighted by molar-refractivity contribution is 8.26. The summed E-state index contributed by atoms with van der Waals surface area (Å²) in [5, 5.41) is 2.86. The van der Waals surface area contributed by atoms with Gasteiger partial charge in [-0.3, -0.25) is 14.5 Å². The van der Waals surface area contributed by atoms with E-state index in [-0.39, 0.29) is 24.8 Å². The van der Waals surface area contributed by atoms with Crippen molar-refractivity contribution in [3.63, 3.8) is 0 Å². The summed E-state index contributed by atoms with van der Waals surface area (Å²) in [6.45, 7) is 0.767. The topological polar surface area (TPSA) is 49.4 Å². The summed E-state index contributed by atoms with van der Waals surface area (Å²) in [6, 6.07) is 19.3. The van der Waals surface area contributed by atoms with Crippen LogP contribution in [0.1, 0.15) is 17.5 Å². The van der Waals surface area contributed by atoms with Gasteiger partial charge in [0.1, 0.15) is 4.32 Å². The SMILES string of the molecule is O=C(CCN1C(=O)/C(=C/c2ccccc2)SC1=S)NCc1ccccc1. The molecular formula is C20H18N2O2S2. The standard InChI is InChI=1S/C20H18N2O2S2/c23-18(21-14-16-9-5-2-6-10-16)11-12-22-19(24)17(26-20(22)25)13-15-7-3-1-4-8-15/h1-10,13H,11-12,14H2,(H,21,23)/b17-13-. The first kappa shape index (κ1) is 18.4. The summed E-state index contributed by atoms with van der Waals surface area (Å²) in [5.74, 6) is -0.241. The fourth-order valence-corrected chi connectivity index (χ4v) is 3.80.